The average Bonchev–Trinajstić information content (AvgIpc) is 1.91. The van der Waals surface area contributed by atoms with Crippen LogP contribution >= 0.6 is 0 Å². The SMILES string of the molecule is C[C@](N)(F)Cc1ccc(O)cc1. The van der Waals surface area contributed by atoms with Gasteiger partial charge in [-0.3, -0.25) is 5.73 Å². The van der Waals surface area contributed by atoms with Crippen LogP contribution in [0, 0.1) is 0 Å². The summed E-state index contributed by atoms with van der Waals surface area (Å²) in [7, 11) is 0. The molecule has 0 saturated heterocycles. The maximum atomic E-state index is 12.9. The van der Waals surface area contributed by atoms with Crippen LogP contribution in [0.15, 0.2) is 24.3 Å². The molecule has 0 fully saturated rings. The molecule has 12 heavy (non-hydrogen) atoms. The van der Waals surface area contributed by atoms with Crippen LogP contribution in [0.5, 0.6) is 5.75 Å². The maximum Gasteiger partial charge on any atom is 0.160 e. The predicted molar refractivity (Wildman–Crippen MR) is 45.5 cm³/mol. The van der Waals surface area contributed by atoms with Crippen molar-refractivity contribution in [3.05, 3.63) is 29.8 Å². The van der Waals surface area contributed by atoms with E-state index < -0.39 is 5.79 Å². The fourth-order valence-corrected chi connectivity index (χ4v) is 1.01. The highest BCUT2D eigenvalue weighted by Crippen LogP contribution is 2.15. The van der Waals surface area contributed by atoms with Crippen molar-refractivity contribution in [1.82, 2.24) is 0 Å². The first-order chi connectivity index (χ1) is 5.47. The van der Waals surface area contributed by atoms with Gasteiger partial charge in [-0.25, -0.2) is 4.39 Å². The van der Waals surface area contributed by atoms with E-state index in [4.69, 9.17) is 10.8 Å². The van der Waals surface area contributed by atoms with Gasteiger partial charge in [0.05, 0.1) is 0 Å². The molecule has 0 aliphatic heterocycles. The molecule has 0 bridgehead atoms. The lowest BCUT2D eigenvalue weighted by molar-refractivity contribution is 0.199. The van der Waals surface area contributed by atoms with Crippen LogP contribution in [0.4, 0.5) is 4.39 Å². The molecule has 66 valence electrons. The minimum absolute atomic E-state index is 0.160. The van der Waals surface area contributed by atoms with Crippen LogP contribution in [0.3, 0.4) is 0 Å². The van der Waals surface area contributed by atoms with Crippen LogP contribution in [0.2, 0.25) is 0 Å². The van der Waals surface area contributed by atoms with Gasteiger partial charge in [0, 0.05) is 6.42 Å². The number of hydrogen-bond donors (Lipinski definition) is 2. The highest BCUT2D eigenvalue weighted by Gasteiger charge is 2.16. The molecular formula is C9H12FNO. The third-order valence-corrected chi connectivity index (χ3v) is 1.49. The van der Waals surface area contributed by atoms with Crippen molar-refractivity contribution in [2.24, 2.45) is 5.73 Å². The molecule has 0 heterocycles. The molecule has 0 amide bonds. The van der Waals surface area contributed by atoms with Crippen LogP contribution < -0.4 is 5.73 Å². The molecule has 1 atom stereocenters. The molecule has 0 spiro atoms. The summed E-state index contributed by atoms with van der Waals surface area (Å²) in [5.41, 5.74) is 5.95. The fraction of sp³-hybridized carbons (Fsp3) is 0.333. The summed E-state index contributed by atoms with van der Waals surface area (Å²) in [5.74, 6) is -1.51. The van der Waals surface area contributed by atoms with Gasteiger partial charge in [0.1, 0.15) is 5.75 Å². The van der Waals surface area contributed by atoms with E-state index in [2.05, 4.69) is 0 Å². The molecule has 3 N–H and O–H groups in total. The Balaban J connectivity index is 2.71. The Morgan fingerprint density at radius 1 is 1.42 bits per heavy atom. The van der Waals surface area contributed by atoms with Gasteiger partial charge in [-0.1, -0.05) is 12.1 Å². The molecule has 0 aliphatic carbocycles. The first kappa shape index (κ1) is 9.00. The van der Waals surface area contributed by atoms with E-state index in [0.717, 1.165) is 5.56 Å². The molecule has 0 saturated carbocycles. The quantitative estimate of drug-likeness (QED) is 0.660. The summed E-state index contributed by atoms with van der Waals surface area (Å²) in [6.45, 7) is 1.32. The Bertz CT molecular complexity index is 250. The van der Waals surface area contributed by atoms with Crippen LogP contribution in [-0.4, -0.2) is 10.9 Å². The van der Waals surface area contributed by atoms with E-state index >= 15 is 0 Å². The van der Waals surface area contributed by atoms with Crippen molar-refractivity contribution >= 4 is 0 Å². The summed E-state index contributed by atoms with van der Waals surface area (Å²) < 4.78 is 12.9. The van der Waals surface area contributed by atoms with Crippen LogP contribution in [0.25, 0.3) is 0 Å². The van der Waals surface area contributed by atoms with Gasteiger partial charge in [-0.05, 0) is 24.6 Å². The van der Waals surface area contributed by atoms with Gasteiger partial charge >= 0.3 is 0 Å². The summed E-state index contributed by atoms with van der Waals surface area (Å²) >= 11 is 0. The van der Waals surface area contributed by atoms with E-state index in [-0.39, 0.29) is 12.2 Å². The minimum atomic E-state index is -1.68. The normalized spacial score (nSPS) is 15.6. The smallest absolute Gasteiger partial charge is 0.160 e. The number of phenolic OH excluding ortho intramolecular Hbond substituents is 1. The lowest BCUT2D eigenvalue weighted by atomic mass is 10.1. The molecule has 0 aromatic heterocycles. The molecular weight excluding hydrogens is 157 g/mol. The molecule has 1 rings (SSSR count). The molecule has 0 radical (unpaired) electrons. The van der Waals surface area contributed by atoms with Gasteiger partial charge < -0.3 is 5.11 Å². The summed E-state index contributed by atoms with van der Waals surface area (Å²) in [4.78, 5) is 0. The van der Waals surface area contributed by atoms with Gasteiger partial charge in [0.25, 0.3) is 0 Å². The van der Waals surface area contributed by atoms with Gasteiger partial charge in [0.2, 0.25) is 0 Å². The molecule has 1 aromatic carbocycles. The number of aromatic hydroxyl groups is 1. The highest BCUT2D eigenvalue weighted by molar-refractivity contribution is 5.26. The Hall–Kier alpha value is -1.09. The number of rotatable bonds is 2. The highest BCUT2D eigenvalue weighted by atomic mass is 19.1. The van der Waals surface area contributed by atoms with Crippen molar-refractivity contribution in [2.75, 3.05) is 0 Å². The largest absolute Gasteiger partial charge is 0.508 e. The maximum absolute atomic E-state index is 12.9. The van der Waals surface area contributed by atoms with E-state index in [1.807, 2.05) is 0 Å². The van der Waals surface area contributed by atoms with Crippen molar-refractivity contribution in [1.29, 1.82) is 0 Å². The van der Waals surface area contributed by atoms with Crippen molar-refractivity contribution in [3.63, 3.8) is 0 Å². The average molecular weight is 169 g/mol. The minimum Gasteiger partial charge on any atom is -0.508 e. The third kappa shape index (κ3) is 2.88. The molecule has 0 unspecified atom stereocenters. The van der Waals surface area contributed by atoms with Crippen molar-refractivity contribution in [3.8, 4) is 5.75 Å². The molecule has 3 heteroatoms. The summed E-state index contributed by atoms with van der Waals surface area (Å²) in [5, 5.41) is 8.93. The Kier molecular flexibility index (Phi) is 2.33. The summed E-state index contributed by atoms with van der Waals surface area (Å²) in [6.07, 6.45) is 0.160. The number of alkyl halides is 1. The van der Waals surface area contributed by atoms with Gasteiger partial charge in [0.15, 0.2) is 5.79 Å². The number of benzene rings is 1. The number of halogens is 1. The zero-order valence-electron chi connectivity index (χ0n) is 6.92. The lowest BCUT2D eigenvalue weighted by Gasteiger charge is -2.13. The topological polar surface area (TPSA) is 46.2 Å². The molecule has 1 aromatic rings. The Morgan fingerprint density at radius 3 is 2.33 bits per heavy atom. The number of phenols is 1. The van der Waals surface area contributed by atoms with E-state index in [1.165, 1.54) is 19.1 Å². The zero-order chi connectivity index (χ0) is 9.19. The third-order valence-electron chi connectivity index (χ3n) is 1.49. The zero-order valence-corrected chi connectivity index (χ0v) is 6.92. The van der Waals surface area contributed by atoms with Crippen molar-refractivity contribution < 1.29 is 9.50 Å². The lowest BCUT2D eigenvalue weighted by Crippen LogP contribution is -2.32. The second-order valence-corrected chi connectivity index (χ2v) is 3.12. The number of nitrogens with two attached hydrogens (primary N) is 1. The monoisotopic (exact) mass is 169 g/mol. The number of hydrogen-bond acceptors (Lipinski definition) is 2. The second kappa shape index (κ2) is 3.11. The Labute approximate surface area is 70.8 Å². The van der Waals surface area contributed by atoms with E-state index in [1.54, 1.807) is 12.1 Å². The fourth-order valence-electron chi connectivity index (χ4n) is 1.01. The Morgan fingerprint density at radius 2 is 1.92 bits per heavy atom. The first-order valence-electron chi connectivity index (χ1n) is 3.73. The molecule has 2 nitrogen and oxygen atoms in total. The van der Waals surface area contributed by atoms with Crippen LogP contribution in [0.1, 0.15) is 12.5 Å². The first-order valence-corrected chi connectivity index (χ1v) is 3.73. The van der Waals surface area contributed by atoms with Crippen LogP contribution in [-0.2, 0) is 6.42 Å². The van der Waals surface area contributed by atoms with E-state index in [0.29, 0.717) is 0 Å². The standard InChI is InChI=1S/C9H12FNO/c1-9(10,11)6-7-2-4-8(12)5-3-7/h2-5,12H,6,11H2,1H3/t9-/m1/s1. The predicted octanol–water partition coefficient (Wildman–Crippen LogP) is 1.58. The van der Waals surface area contributed by atoms with E-state index in [9.17, 15) is 4.39 Å². The summed E-state index contributed by atoms with van der Waals surface area (Å²) in [6, 6.07) is 6.34. The van der Waals surface area contributed by atoms with Crippen molar-refractivity contribution in [2.45, 2.75) is 19.1 Å². The second-order valence-electron chi connectivity index (χ2n) is 3.12. The molecule has 0 aliphatic rings. The van der Waals surface area contributed by atoms with Gasteiger partial charge in [-0.2, -0.15) is 0 Å². The van der Waals surface area contributed by atoms with Gasteiger partial charge in [-0.15, -0.1) is 0 Å².